The molecule has 1 aromatic carbocycles. The van der Waals surface area contributed by atoms with Crippen LogP contribution in [0.3, 0.4) is 0 Å². The Bertz CT molecular complexity index is 784. The van der Waals surface area contributed by atoms with Crippen molar-refractivity contribution in [1.82, 2.24) is 9.88 Å². The summed E-state index contributed by atoms with van der Waals surface area (Å²) in [5.74, 6) is 0.139. The Labute approximate surface area is 178 Å². The van der Waals surface area contributed by atoms with E-state index in [4.69, 9.17) is 0 Å². The quantitative estimate of drug-likeness (QED) is 0.506. The zero-order valence-corrected chi connectivity index (χ0v) is 18.8. The third-order valence-corrected chi connectivity index (χ3v) is 5.61. The van der Waals surface area contributed by atoms with Crippen molar-refractivity contribution in [3.05, 3.63) is 46.5 Å². The number of hydrogen-bond donors (Lipinski definition) is 1. The Morgan fingerprint density at radius 3 is 2.48 bits per heavy atom. The zero-order chi connectivity index (χ0) is 21.2. The molecule has 0 saturated carbocycles. The summed E-state index contributed by atoms with van der Waals surface area (Å²) in [4.78, 5) is 31.4. The van der Waals surface area contributed by atoms with Crippen LogP contribution in [-0.4, -0.2) is 34.8 Å². The van der Waals surface area contributed by atoms with E-state index in [9.17, 15) is 9.59 Å². The van der Waals surface area contributed by atoms with Gasteiger partial charge in [-0.05, 0) is 49.8 Å². The summed E-state index contributed by atoms with van der Waals surface area (Å²) < 4.78 is 0. The Morgan fingerprint density at radius 2 is 1.90 bits per heavy atom. The van der Waals surface area contributed by atoms with Crippen LogP contribution in [-0.2, 0) is 11.2 Å². The van der Waals surface area contributed by atoms with Crippen LogP contribution in [0.5, 0.6) is 0 Å². The number of aryl methyl sites for hydroxylation is 2. The van der Waals surface area contributed by atoms with Gasteiger partial charge in [0.2, 0.25) is 5.91 Å². The first kappa shape index (κ1) is 23.1. The topological polar surface area (TPSA) is 62.3 Å². The highest BCUT2D eigenvalue weighted by atomic mass is 32.1. The summed E-state index contributed by atoms with van der Waals surface area (Å²) >= 11 is 1.39. The van der Waals surface area contributed by atoms with E-state index in [2.05, 4.69) is 31.1 Å². The molecule has 0 aliphatic rings. The molecule has 0 aliphatic carbocycles. The number of nitrogens with one attached hydrogen (secondary N) is 1. The molecule has 1 heterocycles. The third kappa shape index (κ3) is 7.97. The summed E-state index contributed by atoms with van der Waals surface area (Å²) in [6, 6.07) is 7.83. The third-order valence-electron chi connectivity index (χ3n) is 4.73. The predicted molar refractivity (Wildman–Crippen MR) is 121 cm³/mol. The molecule has 0 saturated heterocycles. The molecule has 0 unspecified atom stereocenters. The van der Waals surface area contributed by atoms with Gasteiger partial charge in [-0.3, -0.25) is 9.59 Å². The van der Waals surface area contributed by atoms with Gasteiger partial charge >= 0.3 is 0 Å². The van der Waals surface area contributed by atoms with E-state index in [-0.39, 0.29) is 18.4 Å². The maximum atomic E-state index is 13.1. The maximum absolute atomic E-state index is 13.1. The second-order valence-corrected chi connectivity index (χ2v) is 8.76. The number of hydrogen-bond acceptors (Lipinski definition) is 4. The second kappa shape index (κ2) is 11.7. The van der Waals surface area contributed by atoms with Crippen LogP contribution in [0.1, 0.15) is 68.1 Å². The molecule has 2 aromatic rings. The van der Waals surface area contributed by atoms with Crippen LogP contribution >= 0.6 is 11.3 Å². The van der Waals surface area contributed by atoms with Crippen molar-refractivity contribution in [3.8, 4) is 0 Å². The minimum absolute atomic E-state index is 0.0302. The van der Waals surface area contributed by atoms with Crippen LogP contribution in [0.2, 0.25) is 0 Å². The van der Waals surface area contributed by atoms with E-state index in [1.807, 2.05) is 36.6 Å². The van der Waals surface area contributed by atoms with Gasteiger partial charge in [0.15, 0.2) is 5.13 Å². The molecule has 1 N–H and O–H groups in total. The molecular formula is C23H33N3O2S. The van der Waals surface area contributed by atoms with E-state index in [0.717, 1.165) is 18.5 Å². The molecule has 0 spiro atoms. The van der Waals surface area contributed by atoms with E-state index in [1.54, 1.807) is 4.90 Å². The number of carbonyl (C=O) groups excluding carboxylic acids is 2. The summed E-state index contributed by atoms with van der Waals surface area (Å²) in [6.07, 6.45) is 5.47. The van der Waals surface area contributed by atoms with Gasteiger partial charge in [0.05, 0.1) is 5.69 Å². The fraction of sp³-hybridized carbons (Fsp3) is 0.522. The average Bonchev–Trinajstić information content (AvgIpc) is 3.09. The van der Waals surface area contributed by atoms with Gasteiger partial charge < -0.3 is 10.2 Å². The standard InChI is InChI=1S/C23H33N3O2S/c1-5-6-7-8-19-9-11-20(12-10-19)22(28)26(14-13-17(2)3)15-21(27)25-23-24-18(4)16-29-23/h9-12,16-17H,5-8,13-15H2,1-4H3,(H,24,25,27). The summed E-state index contributed by atoms with van der Waals surface area (Å²) in [6.45, 7) is 8.90. The van der Waals surface area contributed by atoms with Crippen LogP contribution in [0.15, 0.2) is 29.6 Å². The minimum Gasteiger partial charge on any atom is -0.329 e. The number of amides is 2. The van der Waals surface area contributed by atoms with Crippen molar-refractivity contribution < 1.29 is 9.59 Å². The van der Waals surface area contributed by atoms with Gasteiger partial charge in [0.25, 0.3) is 5.91 Å². The van der Waals surface area contributed by atoms with Gasteiger partial charge in [-0.1, -0.05) is 45.7 Å². The normalized spacial score (nSPS) is 10.9. The van der Waals surface area contributed by atoms with Crippen molar-refractivity contribution in [1.29, 1.82) is 0 Å². The van der Waals surface area contributed by atoms with Crippen LogP contribution in [0, 0.1) is 12.8 Å². The SMILES string of the molecule is CCCCCc1ccc(C(=O)N(CCC(C)C)CC(=O)Nc2nc(C)cs2)cc1. The average molecular weight is 416 g/mol. The summed E-state index contributed by atoms with van der Waals surface area (Å²) in [5, 5.41) is 5.26. The molecular weight excluding hydrogens is 382 g/mol. The van der Waals surface area contributed by atoms with Crippen molar-refractivity contribution >= 4 is 28.3 Å². The Morgan fingerprint density at radius 1 is 1.17 bits per heavy atom. The smallest absolute Gasteiger partial charge is 0.254 e. The van der Waals surface area contributed by atoms with Gasteiger partial charge in [0, 0.05) is 17.5 Å². The van der Waals surface area contributed by atoms with Crippen molar-refractivity contribution in [2.24, 2.45) is 5.92 Å². The molecule has 5 nitrogen and oxygen atoms in total. The molecule has 0 aliphatic heterocycles. The minimum atomic E-state index is -0.215. The lowest BCUT2D eigenvalue weighted by atomic mass is 10.0. The molecule has 1 aromatic heterocycles. The monoisotopic (exact) mass is 415 g/mol. The van der Waals surface area contributed by atoms with Crippen LogP contribution in [0.25, 0.3) is 0 Å². The van der Waals surface area contributed by atoms with Crippen LogP contribution < -0.4 is 5.32 Å². The molecule has 0 atom stereocenters. The second-order valence-electron chi connectivity index (χ2n) is 7.91. The van der Waals surface area contributed by atoms with E-state index < -0.39 is 0 Å². The number of aromatic nitrogens is 1. The van der Waals surface area contributed by atoms with Gasteiger partial charge in [-0.15, -0.1) is 11.3 Å². The van der Waals surface area contributed by atoms with Gasteiger partial charge in [-0.25, -0.2) is 4.98 Å². The van der Waals surface area contributed by atoms with E-state index in [0.29, 0.717) is 23.2 Å². The first-order valence-electron chi connectivity index (χ1n) is 10.5. The van der Waals surface area contributed by atoms with E-state index >= 15 is 0 Å². The number of thiazole rings is 1. The molecule has 0 radical (unpaired) electrons. The maximum Gasteiger partial charge on any atom is 0.254 e. The largest absolute Gasteiger partial charge is 0.329 e. The first-order chi connectivity index (χ1) is 13.9. The number of anilines is 1. The molecule has 6 heteroatoms. The van der Waals surface area contributed by atoms with E-state index in [1.165, 1.54) is 36.2 Å². The van der Waals surface area contributed by atoms with Gasteiger partial charge in [-0.2, -0.15) is 0 Å². The highest BCUT2D eigenvalue weighted by Crippen LogP contribution is 2.15. The Hall–Kier alpha value is -2.21. The number of nitrogens with zero attached hydrogens (tertiary/aromatic N) is 2. The van der Waals surface area contributed by atoms with Crippen molar-refractivity contribution in [2.45, 2.75) is 59.8 Å². The first-order valence-corrected chi connectivity index (χ1v) is 11.4. The van der Waals surface area contributed by atoms with Crippen molar-refractivity contribution in [2.75, 3.05) is 18.4 Å². The van der Waals surface area contributed by atoms with Crippen LogP contribution in [0.4, 0.5) is 5.13 Å². The molecule has 0 fully saturated rings. The lowest BCUT2D eigenvalue weighted by Crippen LogP contribution is -2.39. The lowest BCUT2D eigenvalue weighted by molar-refractivity contribution is -0.116. The zero-order valence-electron chi connectivity index (χ0n) is 18.0. The molecule has 2 rings (SSSR count). The molecule has 2 amide bonds. The summed E-state index contributed by atoms with van der Waals surface area (Å²) in [7, 11) is 0. The molecule has 158 valence electrons. The number of carbonyl (C=O) groups is 2. The number of benzene rings is 1. The lowest BCUT2D eigenvalue weighted by Gasteiger charge is -2.23. The number of rotatable bonds is 11. The predicted octanol–water partition coefficient (Wildman–Crippen LogP) is 5.31. The van der Waals surface area contributed by atoms with Crippen molar-refractivity contribution in [3.63, 3.8) is 0 Å². The Balaban J connectivity index is 2.03. The highest BCUT2D eigenvalue weighted by Gasteiger charge is 2.20. The Kier molecular flexibility index (Phi) is 9.32. The summed E-state index contributed by atoms with van der Waals surface area (Å²) in [5.41, 5.74) is 2.75. The van der Waals surface area contributed by atoms with Gasteiger partial charge in [0.1, 0.15) is 6.54 Å². The molecule has 29 heavy (non-hydrogen) atoms. The fourth-order valence-electron chi connectivity index (χ4n) is 2.99. The number of unbranched alkanes of at least 4 members (excludes halogenated alkanes) is 2. The highest BCUT2D eigenvalue weighted by molar-refractivity contribution is 7.13. The fourth-order valence-corrected chi connectivity index (χ4v) is 3.69. The molecule has 0 bridgehead atoms.